The highest BCUT2D eigenvalue weighted by atomic mass is 16.5. The Balaban J connectivity index is 1.74. The highest BCUT2D eigenvalue weighted by Crippen LogP contribution is 2.30. The van der Waals surface area contributed by atoms with Crippen LogP contribution >= 0.6 is 0 Å². The van der Waals surface area contributed by atoms with Gasteiger partial charge in [0.15, 0.2) is 11.5 Å². The van der Waals surface area contributed by atoms with Crippen molar-refractivity contribution in [3.05, 3.63) is 101 Å². The summed E-state index contributed by atoms with van der Waals surface area (Å²) in [6.07, 6.45) is 1.55. The van der Waals surface area contributed by atoms with E-state index < -0.39 is 5.91 Å². The molecule has 1 atom stereocenters. The van der Waals surface area contributed by atoms with Crippen LogP contribution < -0.4 is 14.8 Å². The van der Waals surface area contributed by atoms with Crippen LogP contribution in [0.1, 0.15) is 42.1 Å². The van der Waals surface area contributed by atoms with Crippen molar-refractivity contribution in [2.24, 2.45) is 0 Å². The number of nitriles is 1. The highest BCUT2D eigenvalue weighted by Gasteiger charge is 2.14. The molecule has 0 aliphatic rings. The first-order valence-electron chi connectivity index (χ1n) is 10.9. The number of hydrogen-bond donors (Lipinski definition) is 1. The van der Waals surface area contributed by atoms with Gasteiger partial charge in [-0.1, -0.05) is 66.2 Å². The van der Waals surface area contributed by atoms with Crippen LogP contribution in [0.15, 0.2) is 78.4 Å². The fraction of sp³-hybridized carbons (Fsp3) is 0.214. The Morgan fingerprint density at radius 1 is 1.03 bits per heavy atom. The molecule has 0 aliphatic heterocycles. The Hall–Kier alpha value is -4.04. The van der Waals surface area contributed by atoms with Gasteiger partial charge in [-0.3, -0.25) is 4.79 Å². The van der Waals surface area contributed by atoms with Gasteiger partial charge in [-0.15, -0.1) is 0 Å². The quantitative estimate of drug-likeness (QED) is 0.339. The van der Waals surface area contributed by atoms with Crippen LogP contribution in [0.25, 0.3) is 6.08 Å². The summed E-state index contributed by atoms with van der Waals surface area (Å²) in [4.78, 5) is 12.7. The van der Waals surface area contributed by atoms with Crippen molar-refractivity contribution in [1.82, 2.24) is 5.32 Å². The smallest absolute Gasteiger partial charge is 0.262 e. The molecule has 3 aromatic carbocycles. The lowest BCUT2D eigenvalue weighted by Crippen LogP contribution is -2.27. The molecule has 0 saturated carbocycles. The van der Waals surface area contributed by atoms with E-state index in [1.807, 2.05) is 81.4 Å². The summed E-state index contributed by atoms with van der Waals surface area (Å²) in [5.74, 6) is 0.746. The third kappa shape index (κ3) is 6.72. The fourth-order valence-electron chi connectivity index (χ4n) is 3.26. The van der Waals surface area contributed by atoms with Crippen LogP contribution in [0.5, 0.6) is 11.5 Å². The van der Waals surface area contributed by atoms with Crippen LogP contribution in [0.2, 0.25) is 0 Å². The molecule has 3 aromatic rings. The van der Waals surface area contributed by atoms with E-state index in [2.05, 4.69) is 5.32 Å². The molecule has 0 bridgehead atoms. The minimum Gasteiger partial charge on any atom is -0.490 e. The maximum atomic E-state index is 12.7. The molecule has 0 spiro atoms. The molecule has 5 heteroatoms. The van der Waals surface area contributed by atoms with Gasteiger partial charge in [0, 0.05) is 0 Å². The lowest BCUT2D eigenvalue weighted by molar-refractivity contribution is -0.117. The number of hydrogen-bond acceptors (Lipinski definition) is 4. The lowest BCUT2D eigenvalue weighted by Gasteiger charge is -2.14. The van der Waals surface area contributed by atoms with Gasteiger partial charge in [0.1, 0.15) is 18.2 Å². The van der Waals surface area contributed by atoms with Crippen molar-refractivity contribution in [3.63, 3.8) is 0 Å². The second-order valence-corrected chi connectivity index (χ2v) is 7.69. The average Bonchev–Trinajstić information content (AvgIpc) is 2.83. The molecule has 0 fully saturated rings. The van der Waals surface area contributed by atoms with Gasteiger partial charge in [0.2, 0.25) is 0 Å². The van der Waals surface area contributed by atoms with Crippen molar-refractivity contribution >= 4 is 12.0 Å². The van der Waals surface area contributed by atoms with Crippen molar-refractivity contribution < 1.29 is 14.3 Å². The summed E-state index contributed by atoms with van der Waals surface area (Å²) in [5.41, 5.74) is 3.92. The van der Waals surface area contributed by atoms with E-state index in [0.29, 0.717) is 30.3 Å². The molecule has 1 amide bonds. The molecule has 0 saturated heterocycles. The zero-order chi connectivity index (χ0) is 23.6. The zero-order valence-corrected chi connectivity index (χ0v) is 19.2. The monoisotopic (exact) mass is 440 g/mol. The van der Waals surface area contributed by atoms with Gasteiger partial charge in [-0.05, 0) is 55.7 Å². The van der Waals surface area contributed by atoms with Crippen LogP contribution in [-0.2, 0) is 11.4 Å². The number of aryl methyl sites for hydroxylation is 1. The average molecular weight is 441 g/mol. The first kappa shape index (κ1) is 23.6. The number of ether oxygens (including phenoxy) is 2. The van der Waals surface area contributed by atoms with Gasteiger partial charge in [-0.2, -0.15) is 5.26 Å². The van der Waals surface area contributed by atoms with Gasteiger partial charge in [0.05, 0.1) is 12.6 Å². The number of benzene rings is 3. The first-order valence-corrected chi connectivity index (χ1v) is 10.9. The summed E-state index contributed by atoms with van der Waals surface area (Å²) >= 11 is 0. The summed E-state index contributed by atoms with van der Waals surface area (Å²) in [6, 6.07) is 24.9. The van der Waals surface area contributed by atoms with Crippen molar-refractivity contribution in [2.45, 2.75) is 33.4 Å². The maximum Gasteiger partial charge on any atom is 0.262 e. The SMILES string of the molecule is CCOc1cc(/C=C(/C#N)C(=O)N[C@@H](C)c2ccccc2)ccc1OCc1ccc(C)cc1. The number of carbonyl (C=O) groups is 1. The lowest BCUT2D eigenvalue weighted by atomic mass is 10.1. The number of nitrogens with one attached hydrogen (secondary N) is 1. The molecule has 5 nitrogen and oxygen atoms in total. The predicted molar refractivity (Wildman–Crippen MR) is 130 cm³/mol. The van der Waals surface area contributed by atoms with E-state index in [0.717, 1.165) is 11.1 Å². The van der Waals surface area contributed by atoms with E-state index >= 15 is 0 Å². The Morgan fingerprint density at radius 2 is 1.76 bits per heavy atom. The minimum absolute atomic E-state index is 0.0218. The second kappa shape index (κ2) is 11.5. The predicted octanol–water partition coefficient (Wildman–Crippen LogP) is 5.76. The topological polar surface area (TPSA) is 71.3 Å². The van der Waals surface area contributed by atoms with Crippen molar-refractivity contribution in [2.75, 3.05) is 6.61 Å². The second-order valence-electron chi connectivity index (χ2n) is 7.69. The number of amides is 1. The Kier molecular flexibility index (Phi) is 8.26. The van der Waals surface area contributed by atoms with E-state index in [4.69, 9.17) is 9.47 Å². The molecule has 168 valence electrons. The summed E-state index contributed by atoms with van der Waals surface area (Å²) < 4.78 is 11.7. The molecule has 1 N–H and O–H groups in total. The van der Waals surface area contributed by atoms with E-state index in [1.165, 1.54) is 5.56 Å². The van der Waals surface area contributed by atoms with Crippen LogP contribution in [0.3, 0.4) is 0 Å². The standard InChI is InChI=1S/C28H28N2O3/c1-4-32-27-17-23(14-15-26(27)33-19-22-12-10-20(2)11-13-22)16-25(18-29)28(31)30-21(3)24-8-6-5-7-9-24/h5-17,21H,4,19H2,1-3H3,(H,30,31)/b25-16-/t21-/m0/s1. The van der Waals surface area contributed by atoms with E-state index in [-0.39, 0.29) is 11.6 Å². The Labute approximate surface area is 195 Å². The molecule has 0 aromatic heterocycles. The first-order chi connectivity index (χ1) is 16.0. The zero-order valence-electron chi connectivity index (χ0n) is 19.2. The Morgan fingerprint density at radius 3 is 2.42 bits per heavy atom. The van der Waals surface area contributed by atoms with E-state index in [1.54, 1.807) is 24.3 Å². The number of carbonyl (C=O) groups excluding carboxylic acids is 1. The number of nitrogens with zero attached hydrogens (tertiary/aromatic N) is 1. The molecular formula is C28H28N2O3. The molecule has 0 unspecified atom stereocenters. The fourth-order valence-corrected chi connectivity index (χ4v) is 3.26. The van der Waals surface area contributed by atoms with Crippen molar-refractivity contribution in [3.8, 4) is 17.6 Å². The van der Waals surface area contributed by atoms with Crippen LogP contribution in [0.4, 0.5) is 0 Å². The third-order valence-electron chi connectivity index (χ3n) is 5.11. The van der Waals surface area contributed by atoms with Crippen LogP contribution in [0, 0.1) is 18.3 Å². The minimum atomic E-state index is -0.425. The van der Waals surface area contributed by atoms with Crippen LogP contribution in [-0.4, -0.2) is 12.5 Å². The molecular weight excluding hydrogens is 412 g/mol. The summed E-state index contributed by atoms with van der Waals surface area (Å²) in [7, 11) is 0. The largest absolute Gasteiger partial charge is 0.490 e. The summed E-state index contributed by atoms with van der Waals surface area (Å²) in [5, 5.41) is 12.4. The van der Waals surface area contributed by atoms with Gasteiger partial charge < -0.3 is 14.8 Å². The number of rotatable bonds is 9. The Bertz CT molecular complexity index is 1150. The van der Waals surface area contributed by atoms with Gasteiger partial charge in [-0.25, -0.2) is 0 Å². The molecule has 33 heavy (non-hydrogen) atoms. The molecule has 0 heterocycles. The highest BCUT2D eigenvalue weighted by molar-refractivity contribution is 6.01. The normalized spacial score (nSPS) is 11.9. The molecule has 0 radical (unpaired) electrons. The van der Waals surface area contributed by atoms with Crippen molar-refractivity contribution in [1.29, 1.82) is 5.26 Å². The van der Waals surface area contributed by atoms with Gasteiger partial charge in [0.25, 0.3) is 5.91 Å². The molecule has 3 rings (SSSR count). The summed E-state index contributed by atoms with van der Waals surface area (Å²) in [6.45, 7) is 6.70. The maximum absolute atomic E-state index is 12.7. The molecule has 0 aliphatic carbocycles. The third-order valence-corrected chi connectivity index (χ3v) is 5.11. The van der Waals surface area contributed by atoms with Gasteiger partial charge >= 0.3 is 0 Å². The van der Waals surface area contributed by atoms with E-state index in [9.17, 15) is 10.1 Å².